The van der Waals surface area contributed by atoms with Crippen LogP contribution in [-0.2, 0) is 4.74 Å². The van der Waals surface area contributed by atoms with Crippen LogP contribution in [0.25, 0.3) is 21.8 Å². The molecular weight excluding hydrogens is 465 g/mol. The monoisotopic (exact) mass is 495 g/mol. The van der Waals surface area contributed by atoms with E-state index in [1.54, 1.807) is 34.6 Å². The van der Waals surface area contributed by atoms with Gasteiger partial charge in [-0.15, -0.1) is 11.3 Å². The molecule has 1 N–H and O–H groups in total. The molecular formula is C26H30FN5O2S. The molecule has 5 rings (SSSR count). The molecule has 0 bridgehead atoms. The molecule has 2 aliphatic rings. The molecule has 1 saturated carbocycles. The smallest absolute Gasteiger partial charge is 0.410 e. The molecule has 7 nitrogen and oxygen atoms in total. The van der Waals surface area contributed by atoms with Gasteiger partial charge in [-0.2, -0.15) is 0 Å². The third-order valence-electron chi connectivity index (χ3n) is 6.06. The fraction of sp³-hybridized carbons (Fsp3) is 0.462. The van der Waals surface area contributed by atoms with Crippen molar-refractivity contribution < 1.29 is 13.9 Å². The highest BCUT2D eigenvalue weighted by molar-refractivity contribution is 7.15. The second-order valence-corrected chi connectivity index (χ2v) is 11.2. The van der Waals surface area contributed by atoms with Gasteiger partial charge >= 0.3 is 6.09 Å². The van der Waals surface area contributed by atoms with Crippen LogP contribution in [0.4, 0.5) is 15.1 Å². The maximum Gasteiger partial charge on any atom is 0.410 e. The first-order chi connectivity index (χ1) is 16.7. The molecule has 0 radical (unpaired) electrons. The van der Waals surface area contributed by atoms with Gasteiger partial charge in [0.1, 0.15) is 11.4 Å². The summed E-state index contributed by atoms with van der Waals surface area (Å²) in [5, 5.41) is 4.37. The average Bonchev–Trinajstić information content (AvgIpc) is 3.52. The Kier molecular flexibility index (Phi) is 6.44. The highest BCUT2D eigenvalue weighted by Gasteiger charge is 2.30. The molecule has 1 aliphatic heterocycles. The third-order valence-corrected chi connectivity index (χ3v) is 7.30. The maximum atomic E-state index is 13.6. The number of rotatable bonds is 5. The summed E-state index contributed by atoms with van der Waals surface area (Å²) in [5.74, 6) is 0.575. The van der Waals surface area contributed by atoms with Crippen molar-refractivity contribution in [2.45, 2.75) is 64.0 Å². The van der Waals surface area contributed by atoms with Crippen molar-refractivity contribution in [3.05, 3.63) is 47.4 Å². The van der Waals surface area contributed by atoms with Gasteiger partial charge < -0.3 is 15.0 Å². The highest BCUT2D eigenvalue weighted by atomic mass is 32.1. The van der Waals surface area contributed by atoms with Crippen molar-refractivity contribution >= 4 is 23.4 Å². The van der Waals surface area contributed by atoms with Crippen molar-refractivity contribution in [1.29, 1.82) is 0 Å². The number of hydrogen-bond donors (Lipinski definition) is 1. The second kappa shape index (κ2) is 9.53. The molecule has 1 aromatic carbocycles. The molecule has 1 saturated heterocycles. The Hall–Kier alpha value is -3.07. The lowest BCUT2D eigenvalue weighted by Gasteiger charge is -2.32. The van der Waals surface area contributed by atoms with Gasteiger partial charge in [-0.3, -0.25) is 0 Å². The van der Waals surface area contributed by atoms with E-state index in [1.165, 1.54) is 12.1 Å². The summed E-state index contributed by atoms with van der Waals surface area (Å²) in [6.07, 6.45) is 5.41. The van der Waals surface area contributed by atoms with Gasteiger partial charge in [0.25, 0.3) is 0 Å². The number of nitrogens with zero attached hydrogens (tertiary/aromatic N) is 4. The fourth-order valence-corrected chi connectivity index (χ4v) is 5.32. The maximum absolute atomic E-state index is 13.6. The molecule has 184 valence electrons. The zero-order valence-corrected chi connectivity index (χ0v) is 21.1. The van der Waals surface area contributed by atoms with Crippen LogP contribution in [-0.4, -0.2) is 50.7 Å². The zero-order chi connectivity index (χ0) is 24.6. The van der Waals surface area contributed by atoms with Crippen LogP contribution < -0.4 is 5.32 Å². The lowest BCUT2D eigenvalue weighted by atomic mass is 9.98. The van der Waals surface area contributed by atoms with E-state index in [0.29, 0.717) is 25.1 Å². The van der Waals surface area contributed by atoms with Crippen molar-refractivity contribution in [2.75, 3.05) is 18.4 Å². The standard InChI is InChI=1S/C26H30FN5O2S/c1-26(2,3)34-25(33)32-14-11-17(12-15-32)23-31-21(16-4-6-18(27)7-5-16)22(35-23)20-10-13-28-24(30-20)29-19-8-9-19/h4-7,10,13,17,19H,8-9,11-12,14-15H2,1-3H3,(H,28,29,30). The Bertz CT molecular complexity index is 1200. The Balaban J connectivity index is 1.40. The first-order valence-electron chi connectivity index (χ1n) is 12.1. The minimum atomic E-state index is -0.507. The van der Waals surface area contributed by atoms with Crippen LogP contribution in [0.5, 0.6) is 0 Å². The van der Waals surface area contributed by atoms with Gasteiger partial charge in [0, 0.05) is 36.8 Å². The van der Waals surface area contributed by atoms with E-state index in [0.717, 1.165) is 52.5 Å². The number of thiazole rings is 1. The van der Waals surface area contributed by atoms with Gasteiger partial charge in [-0.1, -0.05) is 0 Å². The number of nitrogens with one attached hydrogen (secondary N) is 1. The van der Waals surface area contributed by atoms with Crippen molar-refractivity contribution in [1.82, 2.24) is 19.9 Å². The molecule has 0 spiro atoms. The molecule has 0 unspecified atom stereocenters. The van der Waals surface area contributed by atoms with E-state index in [9.17, 15) is 9.18 Å². The van der Waals surface area contributed by atoms with Crippen molar-refractivity contribution in [2.24, 2.45) is 0 Å². The largest absolute Gasteiger partial charge is 0.444 e. The lowest BCUT2D eigenvalue weighted by Crippen LogP contribution is -2.41. The molecule has 2 aromatic heterocycles. The van der Waals surface area contributed by atoms with Gasteiger partial charge in [-0.25, -0.2) is 24.1 Å². The van der Waals surface area contributed by atoms with E-state index in [-0.39, 0.29) is 17.8 Å². The van der Waals surface area contributed by atoms with Crippen molar-refractivity contribution in [3.63, 3.8) is 0 Å². The quantitative estimate of drug-likeness (QED) is 0.461. The molecule has 1 amide bonds. The van der Waals surface area contributed by atoms with E-state index in [4.69, 9.17) is 14.7 Å². The van der Waals surface area contributed by atoms with Crippen LogP contribution in [0.15, 0.2) is 36.5 Å². The average molecular weight is 496 g/mol. The number of carbonyl (C=O) groups excluding carboxylic acids is 1. The van der Waals surface area contributed by atoms with E-state index in [2.05, 4.69) is 10.3 Å². The first kappa shape index (κ1) is 23.7. The van der Waals surface area contributed by atoms with Gasteiger partial charge in [0.05, 0.1) is 21.3 Å². The van der Waals surface area contributed by atoms with Crippen LogP contribution in [0, 0.1) is 5.82 Å². The number of piperidine rings is 1. The minimum absolute atomic E-state index is 0.234. The number of aromatic nitrogens is 3. The van der Waals surface area contributed by atoms with Crippen molar-refractivity contribution in [3.8, 4) is 21.8 Å². The Labute approximate surface area is 208 Å². The summed E-state index contributed by atoms with van der Waals surface area (Å²) in [5.41, 5.74) is 1.95. The zero-order valence-electron chi connectivity index (χ0n) is 20.3. The van der Waals surface area contributed by atoms with Crippen LogP contribution in [0.1, 0.15) is 57.4 Å². The first-order valence-corrected chi connectivity index (χ1v) is 12.9. The Morgan fingerprint density at radius 2 is 1.80 bits per heavy atom. The van der Waals surface area contributed by atoms with E-state index < -0.39 is 5.60 Å². The summed E-state index contributed by atoms with van der Waals surface area (Å²) in [4.78, 5) is 29.3. The molecule has 35 heavy (non-hydrogen) atoms. The summed E-state index contributed by atoms with van der Waals surface area (Å²) >= 11 is 1.62. The van der Waals surface area contributed by atoms with E-state index in [1.807, 2.05) is 26.8 Å². The predicted molar refractivity (Wildman–Crippen MR) is 135 cm³/mol. The molecule has 9 heteroatoms. The number of hydrogen-bond acceptors (Lipinski definition) is 7. The predicted octanol–water partition coefficient (Wildman–Crippen LogP) is 6.10. The number of likely N-dealkylation sites (tertiary alicyclic amines) is 1. The van der Waals surface area contributed by atoms with Crippen LogP contribution >= 0.6 is 11.3 Å². The molecule has 3 heterocycles. The summed E-state index contributed by atoms with van der Waals surface area (Å²) < 4.78 is 19.2. The van der Waals surface area contributed by atoms with Gasteiger partial charge in [0.15, 0.2) is 0 Å². The Morgan fingerprint density at radius 1 is 1.09 bits per heavy atom. The van der Waals surface area contributed by atoms with E-state index >= 15 is 0 Å². The molecule has 3 aromatic rings. The Morgan fingerprint density at radius 3 is 2.46 bits per heavy atom. The highest BCUT2D eigenvalue weighted by Crippen LogP contribution is 2.41. The van der Waals surface area contributed by atoms with Gasteiger partial charge in [0.2, 0.25) is 5.95 Å². The minimum Gasteiger partial charge on any atom is -0.444 e. The van der Waals surface area contributed by atoms with Gasteiger partial charge in [-0.05, 0) is 76.8 Å². The normalized spacial score (nSPS) is 16.9. The third kappa shape index (κ3) is 5.78. The molecule has 0 atom stereocenters. The number of ether oxygens (including phenoxy) is 1. The second-order valence-electron chi connectivity index (χ2n) is 10.2. The summed E-state index contributed by atoms with van der Waals surface area (Å²) in [7, 11) is 0. The SMILES string of the molecule is CC(C)(C)OC(=O)N1CCC(c2nc(-c3ccc(F)cc3)c(-c3ccnc(NC4CC4)n3)s2)CC1. The number of amides is 1. The number of halogens is 1. The number of benzene rings is 1. The van der Waals surface area contributed by atoms with Crippen LogP contribution in [0.3, 0.4) is 0 Å². The molecule has 2 fully saturated rings. The fourth-order valence-electron chi connectivity index (χ4n) is 4.09. The summed E-state index contributed by atoms with van der Waals surface area (Å²) in [6.45, 7) is 6.89. The van der Waals surface area contributed by atoms with Crippen LogP contribution in [0.2, 0.25) is 0 Å². The molecule has 1 aliphatic carbocycles. The topological polar surface area (TPSA) is 80.2 Å². The summed E-state index contributed by atoms with van der Waals surface area (Å²) in [6, 6.07) is 8.78. The number of carbonyl (C=O) groups is 1. The lowest BCUT2D eigenvalue weighted by molar-refractivity contribution is 0.0205. The number of anilines is 1.